The van der Waals surface area contributed by atoms with Gasteiger partial charge in [-0.05, 0) is 24.0 Å². The number of fused-ring (bicyclic) bond motifs is 1. The standard InChI is InChI=1S/C13H13NO2/c1-3-10-8-15-6-2-5-11(10)12(4-1)13-7-14-9-16-13/h1,3-4,7,9H,2,5-6,8H2. The van der Waals surface area contributed by atoms with Gasteiger partial charge in [0.15, 0.2) is 12.2 Å². The SMILES string of the molecule is c1cc2c(c(-c3cnco3)c1)CCCOC2. The van der Waals surface area contributed by atoms with Crippen molar-refractivity contribution < 1.29 is 9.15 Å². The Morgan fingerprint density at radius 2 is 2.25 bits per heavy atom. The molecule has 0 radical (unpaired) electrons. The van der Waals surface area contributed by atoms with Crippen LogP contribution in [0.4, 0.5) is 0 Å². The summed E-state index contributed by atoms with van der Waals surface area (Å²) in [5.41, 5.74) is 3.77. The van der Waals surface area contributed by atoms with Crippen molar-refractivity contribution >= 4 is 0 Å². The van der Waals surface area contributed by atoms with Crippen molar-refractivity contribution in [3.05, 3.63) is 41.9 Å². The summed E-state index contributed by atoms with van der Waals surface area (Å²) in [5, 5.41) is 0. The van der Waals surface area contributed by atoms with E-state index in [9.17, 15) is 0 Å². The molecular weight excluding hydrogens is 202 g/mol. The van der Waals surface area contributed by atoms with E-state index in [1.54, 1.807) is 6.20 Å². The fourth-order valence-electron chi connectivity index (χ4n) is 2.18. The number of oxazole rings is 1. The van der Waals surface area contributed by atoms with Gasteiger partial charge < -0.3 is 9.15 Å². The van der Waals surface area contributed by atoms with Crippen LogP contribution in [-0.4, -0.2) is 11.6 Å². The Morgan fingerprint density at radius 1 is 1.25 bits per heavy atom. The predicted octanol–water partition coefficient (Wildman–Crippen LogP) is 2.80. The van der Waals surface area contributed by atoms with E-state index >= 15 is 0 Å². The van der Waals surface area contributed by atoms with Crippen molar-refractivity contribution in [2.24, 2.45) is 0 Å². The smallest absolute Gasteiger partial charge is 0.181 e. The van der Waals surface area contributed by atoms with Gasteiger partial charge >= 0.3 is 0 Å². The summed E-state index contributed by atoms with van der Waals surface area (Å²) in [4.78, 5) is 3.97. The van der Waals surface area contributed by atoms with E-state index in [0.717, 1.165) is 30.8 Å². The number of benzene rings is 1. The molecule has 0 amide bonds. The van der Waals surface area contributed by atoms with Crippen molar-refractivity contribution in [3.8, 4) is 11.3 Å². The largest absolute Gasteiger partial charge is 0.444 e. The van der Waals surface area contributed by atoms with Gasteiger partial charge in [-0.1, -0.05) is 18.2 Å². The third-order valence-electron chi connectivity index (χ3n) is 2.94. The van der Waals surface area contributed by atoms with E-state index in [4.69, 9.17) is 9.15 Å². The van der Waals surface area contributed by atoms with Crippen LogP contribution in [0.15, 0.2) is 35.2 Å². The summed E-state index contributed by atoms with van der Waals surface area (Å²) in [5.74, 6) is 0.846. The van der Waals surface area contributed by atoms with E-state index in [2.05, 4.69) is 17.1 Å². The van der Waals surface area contributed by atoms with Crippen LogP contribution in [0.3, 0.4) is 0 Å². The van der Waals surface area contributed by atoms with Crippen LogP contribution in [0, 0.1) is 0 Å². The topological polar surface area (TPSA) is 35.3 Å². The highest BCUT2D eigenvalue weighted by atomic mass is 16.5. The number of aromatic nitrogens is 1. The molecule has 3 nitrogen and oxygen atoms in total. The van der Waals surface area contributed by atoms with Gasteiger partial charge in [0, 0.05) is 12.2 Å². The molecule has 0 saturated carbocycles. The average molecular weight is 215 g/mol. The molecule has 0 unspecified atom stereocenters. The minimum Gasteiger partial charge on any atom is -0.444 e. The molecule has 3 rings (SSSR count). The second kappa shape index (κ2) is 4.10. The monoisotopic (exact) mass is 215 g/mol. The molecule has 0 N–H and O–H groups in total. The van der Waals surface area contributed by atoms with E-state index in [1.807, 2.05) is 6.07 Å². The number of nitrogens with zero attached hydrogens (tertiary/aromatic N) is 1. The van der Waals surface area contributed by atoms with Gasteiger partial charge in [-0.2, -0.15) is 0 Å². The van der Waals surface area contributed by atoms with Gasteiger partial charge in [0.2, 0.25) is 0 Å². The van der Waals surface area contributed by atoms with E-state index in [1.165, 1.54) is 17.5 Å². The van der Waals surface area contributed by atoms with Gasteiger partial charge in [-0.25, -0.2) is 4.98 Å². The molecule has 82 valence electrons. The average Bonchev–Trinajstić information content (AvgIpc) is 2.73. The lowest BCUT2D eigenvalue weighted by Crippen LogP contribution is -1.94. The van der Waals surface area contributed by atoms with Crippen LogP contribution < -0.4 is 0 Å². The van der Waals surface area contributed by atoms with Crippen LogP contribution in [0.25, 0.3) is 11.3 Å². The van der Waals surface area contributed by atoms with Crippen LogP contribution >= 0.6 is 0 Å². The fraction of sp³-hybridized carbons (Fsp3) is 0.308. The van der Waals surface area contributed by atoms with Gasteiger partial charge in [0.25, 0.3) is 0 Å². The van der Waals surface area contributed by atoms with Crippen LogP contribution in [0.5, 0.6) is 0 Å². The molecule has 0 bridgehead atoms. The normalized spacial score (nSPS) is 15.5. The molecule has 1 aromatic heterocycles. The molecule has 0 spiro atoms. The fourth-order valence-corrected chi connectivity index (χ4v) is 2.18. The molecule has 16 heavy (non-hydrogen) atoms. The molecule has 0 atom stereocenters. The van der Waals surface area contributed by atoms with Crippen molar-refractivity contribution in [2.75, 3.05) is 6.61 Å². The van der Waals surface area contributed by atoms with Crippen molar-refractivity contribution in [1.82, 2.24) is 4.98 Å². The highest BCUT2D eigenvalue weighted by Crippen LogP contribution is 2.29. The molecule has 2 heterocycles. The van der Waals surface area contributed by atoms with Gasteiger partial charge in [-0.3, -0.25) is 0 Å². The Bertz CT molecular complexity index is 477. The summed E-state index contributed by atoms with van der Waals surface area (Å²) in [6.07, 6.45) is 5.35. The maximum Gasteiger partial charge on any atom is 0.181 e. The zero-order valence-corrected chi connectivity index (χ0v) is 8.98. The predicted molar refractivity (Wildman–Crippen MR) is 59.9 cm³/mol. The molecular formula is C13H13NO2. The van der Waals surface area contributed by atoms with Crippen molar-refractivity contribution in [2.45, 2.75) is 19.4 Å². The minimum atomic E-state index is 0.706. The Kier molecular flexibility index (Phi) is 2.46. The second-order valence-corrected chi connectivity index (χ2v) is 3.97. The third-order valence-corrected chi connectivity index (χ3v) is 2.94. The van der Waals surface area contributed by atoms with E-state index in [-0.39, 0.29) is 0 Å². The lowest BCUT2D eigenvalue weighted by atomic mass is 9.97. The van der Waals surface area contributed by atoms with E-state index in [0.29, 0.717) is 6.61 Å². The van der Waals surface area contributed by atoms with Crippen molar-refractivity contribution in [1.29, 1.82) is 0 Å². The molecule has 3 heteroatoms. The lowest BCUT2D eigenvalue weighted by Gasteiger charge is -2.09. The lowest BCUT2D eigenvalue weighted by molar-refractivity contribution is 0.125. The zero-order chi connectivity index (χ0) is 10.8. The first-order valence-corrected chi connectivity index (χ1v) is 5.52. The first-order chi connectivity index (χ1) is 7.95. The zero-order valence-electron chi connectivity index (χ0n) is 8.98. The quantitative estimate of drug-likeness (QED) is 0.733. The Morgan fingerprint density at radius 3 is 3.12 bits per heavy atom. The maximum atomic E-state index is 5.55. The van der Waals surface area contributed by atoms with E-state index < -0.39 is 0 Å². The van der Waals surface area contributed by atoms with Gasteiger partial charge in [-0.15, -0.1) is 0 Å². The molecule has 1 aliphatic rings. The minimum absolute atomic E-state index is 0.706. The Hall–Kier alpha value is -1.61. The number of hydrogen-bond donors (Lipinski definition) is 0. The summed E-state index contributed by atoms with van der Waals surface area (Å²) in [7, 11) is 0. The Balaban J connectivity index is 2.12. The molecule has 0 aliphatic carbocycles. The Labute approximate surface area is 94.1 Å². The molecule has 1 aliphatic heterocycles. The molecule has 2 aromatic rings. The van der Waals surface area contributed by atoms with Crippen LogP contribution in [-0.2, 0) is 17.8 Å². The number of hydrogen-bond acceptors (Lipinski definition) is 3. The highest BCUT2D eigenvalue weighted by Gasteiger charge is 2.14. The molecule has 0 fully saturated rings. The van der Waals surface area contributed by atoms with Gasteiger partial charge in [0.05, 0.1) is 12.8 Å². The molecule has 0 saturated heterocycles. The first kappa shape index (κ1) is 9.60. The van der Waals surface area contributed by atoms with Crippen LogP contribution in [0.1, 0.15) is 17.5 Å². The first-order valence-electron chi connectivity index (χ1n) is 5.52. The van der Waals surface area contributed by atoms with Crippen molar-refractivity contribution in [3.63, 3.8) is 0 Å². The molecule has 1 aromatic carbocycles. The summed E-state index contributed by atoms with van der Waals surface area (Å²) < 4.78 is 10.9. The highest BCUT2D eigenvalue weighted by molar-refractivity contribution is 5.63. The third kappa shape index (κ3) is 1.63. The maximum absolute atomic E-state index is 5.55. The van der Waals surface area contributed by atoms with Gasteiger partial charge in [0.1, 0.15) is 0 Å². The second-order valence-electron chi connectivity index (χ2n) is 3.97. The number of ether oxygens (including phenoxy) is 1. The van der Waals surface area contributed by atoms with Crippen LogP contribution in [0.2, 0.25) is 0 Å². The number of rotatable bonds is 1. The summed E-state index contributed by atoms with van der Waals surface area (Å²) in [6, 6.07) is 6.26. The summed E-state index contributed by atoms with van der Waals surface area (Å²) >= 11 is 0. The summed E-state index contributed by atoms with van der Waals surface area (Å²) in [6.45, 7) is 1.54.